The van der Waals surface area contributed by atoms with Gasteiger partial charge in [-0.3, -0.25) is 0 Å². The van der Waals surface area contributed by atoms with E-state index in [0.29, 0.717) is 26.3 Å². The molecule has 36 heavy (non-hydrogen) atoms. The maximum Gasteiger partial charge on any atom is 0.122 e. The number of aliphatic hydroxyl groups excluding tert-OH is 4. The Hall–Kier alpha value is -2.20. The van der Waals surface area contributed by atoms with Crippen LogP contribution >= 0.6 is 0 Å². The van der Waals surface area contributed by atoms with E-state index >= 15 is 0 Å². The monoisotopic (exact) mass is 504 g/mol. The van der Waals surface area contributed by atoms with E-state index in [4.69, 9.17) is 19.7 Å². The number of aliphatic hydroxyl groups is 4. The van der Waals surface area contributed by atoms with Gasteiger partial charge in [0.1, 0.15) is 11.5 Å². The van der Waals surface area contributed by atoms with Crippen molar-refractivity contribution in [3.63, 3.8) is 0 Å². The number of likely N-dealkylation sites (N-methyl/N-ethyl adjacent to an activating group) is 2. The Labute approximate surface area is 215 Å². The second-order valence-corrected chi connectivity index (χ2v) is 9.46. The summed E-state index contributed by atoms with van der Waals surface area (Å²) in [6.45, 7) is 7.22. The predicted octanol–water partition coefficient (Wildman–Crippen LogP) is 2.08. The summed E-state index contributed by atoms with van der Waals surface area (Å²) in [6, 6.07) is 12.2. The van der Waals surface area contributed by atoms with Gasteiger partial charge in [-0.25, -0.2) is 0 Å². The number of ether oxygens (including phenoxy) is 2. The summed E-state index contributed by atoms with van der Waals surface area (Å²) in [5, 5.41) is 37.0. The van der Waals surface area contributed by atoms with Crippen LogP contribution in [0.25, 0.3) is 11.1 Å². The molecular weight excluding hydrogens is 460 g/mol. The van der Waals surface area contributed by atoms with Gasteiger partial charge >= 0.3 is 0 Å². The van der Waals surface area contributed by atoms with Crippen LogP contribution in [-0.4, -0.2) is 109 Å². The van der Waals surface area contributed by atoms with Crippen molar-refractivity contribution in [2.75, 3.05) is 66.7 Å². The van der Waals surface area contributed by atoms with Crippen molar-refractivity contribution in [3.05, 3.63) is 47.5 Å². The molecule has 0 aliphatic carbocycles. The van der Waals surface area contributed by atoms with Gasteiger partial charge in [-0.15, -0.1) is 0 Å². The standard InChI is InChI=1S/C28H44N2O6/c1-21-25(9-5-11-27(21)35-15-7-13-29(3)17-23(33)19-31)26-10-6-12-28(22(26)2)36-16-8-14-30(4)18-24(34)20-32/h5-6,9-12,23-24,31-34H,7-8,13-20H2,1-4H3/t23-,24-/m0/s1. The van der Waals surface area contributed by atoms with Gasteiger partial charge < -0.3 is 39.7 Å². The Kier molecular flexibility index (Phi) is 13.2. The summed E-state index contributed by atoms with van der Waals surface area (Å²) in [5.74, 6) is 1.70. The lowest BCUT2D eigenvalue weighted by Crippen LogP contribution is -2.32. The van der Waals surface area contributed by atoms with Gasteiger partial charge in [-0.2, -0.15) is 0 Å². The van der Waals surface area contributed by atoms with Gasteiger partial charge in [0.15, 0.2) is 0 Å². The highest BCUT2D eigenvalue weighted by Crippen LogP contribution is 2.35. The maximum atomic E-state index is 9.55. The highest BCUT2D eigenvalue weighted by molar-refractivity contribution is 5.74. The molecule has 0 saturated heterocycles. The third kappa shape index (κ3) is 9.69. The molecule has 0 heterocycles. The van der Waals surface area contributed by atoms with Crippen molar-refractivity contribution in [1.82, 2.24) is 9.80 Å². The predicted molar refractivity (Wildman–Crippen MR) is 143 cm³/mol. The molecule has 2 rings (SSSR count). The summed E-state index contributed by atoms with van der Waals surface area (Å²) in [7, 11) is 3.84. The van der Waals surface area contributed by atoms with E-state index < -0.39 is 12.2 Å². The first-order valence-electron chi connectivity index (χ1n) is 12.7. The third-order valence-electron chi connectivity index (χ3n) is 6.21. The Bertz CT molecular complexity index is 836. The zero-order valence-electron chi connectivity index (χ0n) is 22.2. The second kappa shape index (κ2) is 15.8. The molecule has 0 bridgehead atoms. The minimum absolute atomic E-state index is 0.230. The summed E-state index contributed by atoms with van der Waals surface area (Å²) >= 11 is 0. The second-order valence-electron chi connectivity index (χ2n) is 9.46. The van der Waals surface area contributed by atoms with E-state index in [0.717, 1.165) is 59.7 Å². The summed E-state index contributed by atoms with van der Waals surface area (Å²) < 4.78 is 12.2. The highest BCUT2D eigenvalue weighted by Gasteiger charge is 2.13. The van der Waals surface area contributed by atoms with Crippen LogP contribution in [0.5, 0.6) is 11.5 Å². The van der Waals surface area contributed by atoms with E-state index in [1.807, 2.05) is 48.2 Å². The average Bonchev–Trinajstić information content (AvgIpc) is 2.86. The van der Waals surface area contributed by atoms with Gasteiger partial charge in [-0.1, -0.05) is 24.3 Å². The maximum absolute atomic E-state index is 9.55. The van der Waals surface area contributed by atoms with Gasteiger partial charge in [0.2, 0.25) is 0 Å². The molecule has 2 aromatic carbocycles. The van der Waals surface area contributed by atoms with E-state index in [1.165, 1.54) is 0 Å². The molecule has 8 heteroatoms. The molecule has 0 amide bonds. The Morgan fingerprint density at radius 3 is 1.44 bits per heavy atom. The van der Waals surface area contributed by atoms with Crippen LogP contribution in [0.15, 0.2) is 36.4 Å². The number of nitrogens with zero attached hydrogens (tertiary/aromatic N) is 2. The van der Waals surface area contributed by atoms with Gasteiger partial charge in [-0.05, 0) is 75.2 Å². The Morgan fingerprint density at radius 2 is 1.08 bits per heavy atom. The fourth-order valence-electron chi connectivity index (χ4n) is 4.18. The fraction of sp³-hybridized carbons (Fsp3) is 0.571. The molecule has 4 N–H and O–H groups in total. The minimum Gasteiger partial charge on any atom is -0.493 e. The van der Waals surface area contributed by atoms with Crippen LogP contribution < -0.4 is 9.47 Å². The van der Waals surface area contributed by atoms with Crippen LogP contribution in [0.4, 0.5) is 0 Å². The first-order chi connectivity index (χ1) is 17.3. The SMILES string of the molecule is Cc1c(OCCCN(C)C[C@H](O)CO)cccc1-c1cccc(OCCCN(C)C[C@H](O)CO)c1C. The van der Waals surface area contributed by atoms with Crippen molar-refractivity contribution < 1.29 is 29.9 Å². The van der Waals surface area contributed by atoms with Crippen molar-refractivity contribution >= 4 is 0 Å². The smallest absolute Gasteiger partial charge is 0.122 e. The molecule has 0 saturated carbocycles. The van der Waals surface area contributed by atoms with E-state index in [-0.39, 0.29) is 13.2 Å². The summed E-state index contributed by atoms with van der Waals surface area (Å²) in [6.07, 6.45) is 0.194. The summed E-state index contributed by atoms with van der Waals surface area (Å²) in [5.41, 5.74) is 4.37. The molecule has 0 fully saturated rings. The molecule has 2 atom stereocenters. The molecule has 0 unspecified atom stereocenters. The quantitative estimate of drug-likeness (QED) is 0.243. The van der Waals surface area contributed by atoms with Crippen molar-refractivity contribution in [1.29, 1.82) is 0 Å². The number of hydrogen-bond donors (Lipinski definition) is 4. The van der Waals surface area contributed by atoms with Gasteiger partial charge in [0, 0.05) is 26.2 Å². The molecule has 8 nitrogen and oxygen atoms in total. The fourth-order valence-corrected chi connectivity index (χ4v) is 4.18. The molecule has 0 aliphatic heterocycles. The van der Waals surface area contributed by atoms with E-state index in [1.54, 1.807) is 0 Å². The van der Waals surface area contributed by atoms with Crippen molar-refractivity contribution in [2.45, 2.75) is 38.9 Å². The molecule has 0 aliphatic rings. The zero-order valence-corrected chi connectivity index (χ0v) is 22.2. The lowest BCUT2D eigenvalue weighted by Gasteiger charge is -2.20. The summed E-state index contributed by atoms with van der Waals surface area (Å²) in [4.78, 5) is 3.97. The van der Waals surface area contributed by atoms with Crippen LogP contribution in [0.1, 0.15) is 24.0 Å². The van der Waals surface area contributed by atoms with Crippen LogP contribution in [-0.2, 0) is 0 Å². The third-order valence-corrected chi connectivity index (χ3v) is 6.21. The zero-order chi connectivity index (χ0) is 26.5. The van der Waals surface area contributed by atoms with Crippen LogP contribution in [0.2, 0.25) is 0 Å². The number of rotatable bonds is 17. The van der Waals surface area contributed by atoms with Crippen LogP contribution in [0, 0.1) is 13.8 Å². The van der Waals surface area contributed by atoms with E-state index in [9.17, 15) is 10.2 Å². The highest BCUT2D eigenvalue weighted by atomic mass is 16.5. The largest absolute Gasteiger partial charge is 0.493 e. The number of benzene rings is 2. The topological polar surface area (TPSA) is 106 Å². The molecule has 0 aromatic heterocycles. The molecule has 0 spiro atoms. The normalized spacial score (nSPS) is 13.3. The van der Waals surface area contributed by atoms with Crippen molar-refractivity contribution in [2.24, 2.45) is 0 Å². The first kappa shape index (κ1) is 30.0. The molecular formula is C28H44N2O6. The minimum atomic E-state index is -0.718. The van der Waals surface area contributed by atoms with Crippen LogP contribution in [0.3, 0.4) is 0 Å². The van der Waals surface area contributed by atoms with Gasteiger partial charge in [0.05, 0.1) is 38.6 Å². The Morgan fingerprint density at radius 1 is 0.694 bits per heavy atom. The van der Waals surface area contributed by atoms with Gasteiger partial charge in [0.25, 0.3) is 0 Å². The number of hydrogen-bond acceptors (Lipinski definition) is 8. The first-order valence-corrected chi connectivity index (χ1v) is 12.7. The van der Waals surface area contributed by atoms with Crippen molar-refractivity contribution in [3.8, 4) is 22.6 Å². The molecule has 2 aromatic rings. The lowest BCUT2D eigenvalue weighted by atomic mass is 9.95. The average molecular weight is 505 g/mol. The van der Waals surface area contributed by atoms with E-state index in [2.05, 4.69) is 26.0 Å². The lowest BCUT2D eigenvalue weighted by molar-refractivity contribution is 0.0653. The molecule has 202 valence electrons. The molecule has 0 radical (unpaired) electrons. The Balaban J connectivity index is 1.94.